The number of aliphatic hydroxyl groups is 1. The Morgan fingerprint density at radius 2 is 1.90 bits per heavy atom. The van der Waals surface area contributed by atoms with Crippen molar-refractivity contribution in [2.75, 3.05) is 5.32 Å². The van der Waals surface area contributed by atoms with Gasteiger partial charge < -0.3 is 15.5 Å². The third-order valence-electron chi connectivity index (χ3n) is 6.84. The second kappa shape index (κ2) is 9.96. The van der Waals surface area contributed by atoms with Gasteiger partial charge >= 0.3 is 12.1 Å². The molecule has 5 rings (SSSR count). The van der Waals surface area contributed by atoms with Crippen LogP contribution in [0.25, 0.3) is 21.0 Å². The molecule has 0 amide bonds. The Hall–Kier alpha value is -3.42. The summed E-state index contributed by atoms with van der Waals surface area (Å²) in [6.07, 6.45) is 0.594. The van der Waals surface area contributed by atoms with E-state index in [-0.39, 0.29) is 18.8 Å². The summed E-state index contributed by atoms with van der Waals surface area (Å²) in [5.74, 6) is -1.63. The molecule has 1 aliphatic rings. The van der Waals surface area contributed by atoms with Gasteiger partial charge in [0.25, 0.3) is 0 Å². The quantitative estimate of drug-likeness (QED) is 0.236. The third kappa shape index (κ3) is 5.65. The van der Waals surface area contributed by atoms with Crippen molar-refractivity contribution in [1.29, 1.82) is 0 Å². The first-order valence-corrected chi connectivity index (χ1v) is 13.7. The average molecular weight is 576 g/mol. The molecule has 8 nitrogen and oxygen atoms in total. The molecule has 0 radical (unpaired) electrons. The van der Waals surface area contributed by atoms with Crippen molar-refractivity contribution >= 4 is 40.3 Å². The molecule has 1 aromatic carbocycles. The zero-order chi connectivity index (χ0) is 28.0. The number of aromatic nitrogens is 4. The minimum Gasteiger partial charge on any atom is -0.481 e. The molecule has 0 bridgehead atoms. The maximum atomic E-state index is 13.2. The van der Waals surface area contributed by atoms with E-state index in [0.717, 1.165) is 22.7 Å². The SMILES string of the molecule is CC1(C)C[C@@](O)(c2ncc(-c3cc(Nc4nccc(C(F)(F)F)n4)cc(-c4nccs4)c3)s2)CC[C@H]1C(=O)O. The number of hydrogen-bond donors (Lipinski definition) is 3. The number of halogens is 3. The van der Waals surface area contributed by atoms with Crippen molar-refractivity contribution in [3.05, 3.63) is 58.9 Å². The molecule has 3 N–H and O–H groups in total. The number of anilines is 2. The fraction of sp³-hybridized carbons (Fsp3) is 0.346. The molecule has 0 spiro atoms. The topological polar surface area (TPSA) is 121 Å². The number of rotatable bonds is 6. The lowest BCUT2D eigenvalue weighted by Crippen LogP contribution is -2.44. The van der Waals surface area contributed by atoms with Crippen LogP contribution in [0.3, 0.4) is 0 Å². The molecule has 1 fully saturated rings. The van der Waals surface area contributed by atoms with Gasteiger partial charge in [-0.25, -0.2) is 19.9 Å². The predicted octanol–water partition coefficient (Wildman–Crippen LogP) is 6.58. The Morgan fingerprint density at radius 1 is 1.13 bits per heavy atom. The monoisotopic (exact) mass is 575 g/mol. The lowest BCUT2D eigenvalue weighted by molar-refractivity contribution is -0.154. The van der Waals surface area contributed by atoms with E-state index in [1.807, 2.05) is 25.3 Å². The van der Waals surface area contributed by atoms with Gasteiger partial charge in [-0.05, 0) is 54.5 Å². The second-order valence-corrected chi connectivity index (χ2v) is 12.1. The molecular formula is C26H24F3N5O3S2. The molecule has 4 aromatic rings. The van der Waals surface area contributed by atoms with Crippen molar-refractivity contribution in [2.45, 2.75) is 44.9 Å². The summed E-state index contributed by atoms with van der Waals surface area (Å²) >= 11 is 2.71. The second-order valence-electron chi connectivity index (χ2n) is 10.2. The summed E-state index contributed by atoms with van der Waals surface area (Å²) in [7, 11) is 0. The van der Waals surface area contributed by atoms with E-state index in [0.29, 0.717) is 27.7 Å². The predicted molar refractivity (Wildman–Crippen MR) is 142 cm³/mol. The first kappa shape index (κ1) is 27.2. The van der Waals surface area contributed by atoms with Gasteiger partial charge in [-0.1, -0.05) is 13.8 Å². The van der Waals surface area contributed by atoms with Gasteiger partial charge in [0.1, 0.15) is 21.3 Å². The van der Waals surface area contributed by atoms with E-state index in [4.69, 9.17) is 0 Å². The summed E-state index contributed by atoms with van der Waals surface area (Å²) in [5.41, 5.74) is -1.06. The number of nitrogens with zero attached hydrogens (tertiary/aromatic N) is 4. The lowest BCUT2D eigenvalue weighted by atomic mass is 9.63. The van der Waals surface area contributed by atoms with Gasteiger partial charge in [-0.3, -0.25) is 4.79 Å². The van der Waals surface area contributed by atoms with Gasteiger partial charge in [-0.15, -0.1) is 22.7 Å². The first-order chi connectivity index (χ1) is 18.3. The third-order valence-corrected chi connectivity index (χ3v) is 8.90. The highest BCUT2D eigenvalue weighted by Crippen LogP contribution is 2.51. The minimum atomic E-state index is -4.61. The number of nitrogens with one attached hydrogen (secondary N) is 1. The molecule has 0 saturated heterocycles. The van der Waals surface area contributed by atoms with Crippen molar-refractivity contribution in [3.63, 3.8) is 0 Å². The normalized spacial score (nSPS) is 21.0. The van der Waals surface area contributed by atoms with E-state index >= 15 is 0 Å². The highest BCUT2D eigenvalue weighted by atomic mass is 32.1. The largest absolute Gasteiger partial charge is 0.481 e. The number of hydrogen-bond acceptors (Lipinski definition) is 9. The number of carboxylic acids is 1. The Labute approximate surface area is 229 Å². The standard InChI is InChI=1S/C26H24F3N5O3S2/c1-24(2)13-25(37,5-3-17(24)21(35)36)22-32-12-18(39-22)14-9-15(20-30-7-8-38-20)11-16(10-14)33-23-31-6-4-19(34-23)26(27,28)29/h4,6-12,17,37H,3,5,13H2,1-2H3,(H,35,36)(H,31,33,34)/t17-,25+/m0/s1. The lowest BCUT2D eigenvalue weighted by Gasteiger charge is -2.44. The van der Waals surface area contributed by atoms with Crippen molar-refractivity contribution in [2.24, 2.45) is 11.3 Å². The molecule has 2 atom stereocenters. The van der Waals surface area contributed by atoms with Crippen LogP contribution in [0, 0.1) is 11.3 Å². The number of alkyl halides is 3. The van der Waals surface area contributed by atoms with Crippen molar-refractivity contribution < 1.29 is 28.2 Å². The Balaban J connectivity index is 1.49. The van der Waals surface area contributed by atoms with Gasteiger partial charge in [0.05, 0.1) is 10.8 Å². The molecule has 13 heteroatoms. The molecule has 0 unspecified atom stereocenters. The van der Waals surface area contributed by atoms with Gasteiger partial charge in [0.15, 0.2) is 0 Å². The molecular weight excluding hydrogens is 551 g/mol. The van der Waals surface area contributed by atoms with Crippen LogP contribution in [0.2, 0.25) is 0 Å². The zero-order valence-electron chi connectivity index (χ0n) is 20.9. The molecule has 3 aromatic heterocycles. The highest BCUT2D eigenvalue weighted by molar-refractivity contribution is 7.15. The van der Waals surface area contributed by atoms with Gasteiger partial charge in [0.2, 0.25) is 5.95 Å². The van der Waals surface area contributed by atoms with Crippen molar-refractivity contribution in [1.82, 2.24) is 19.9 Å². The van der Waals surface area contributed by atoms with Crippen LogP contribution >= 0.6 is 22.7 Å². The van der Waals surface area contributed by atoms with Crippen LogP contribution in [0.5, 0.6) is 0 Å². The van der Waals surface area contributed by atoms with E-state index in [1.54, 1.807) is 24.5 Å². The van der Waals surface area contributed by atoms with Crippen LogP contribution in [-0.2, 0) is 16.6 Å². The van der Waals surface area contributed by atoms with E-state index in [9.17, 15) is 28.2 Å². The van der Waals surface area contributed by atoms with E-state index in [2.05, 4.69) is 25.3 Å². The molecule has 3 heterocycles. The summed E-state index contributed by atoms with van der Waals surface area (Å²) in [6.45, 7) is 3.69. The smallest absolute Gasteiger partial charge is 0.433 e. The summed E-state index contributed by atoms with van der Waals surface area (Å²) in [4.78, 5) is 28.8. The van der Waals surface area contributed by atoms with Crippen LogP contribution < -0.4 is 5.32 Å². The van der Waals surface area contributed by atoms with Gasteiger partial charge in [-0.2, -0.15) is 13.2 Å². The number of carbonyl (C=O) groups is 1. The maximum absolute atomic E-state index is 13.2. The Morgan fingerprint density at radius 3 is 2.56 bits per heavy atom. The summed E-state index contributed by atoms with van der Waals surface area (Å²) in [5, 5.41) is 27.0. The number of thiazole rings is 2. The summed E-state index contributed by atoms with van der Waals surface area (Å²) < 4.78 is 39.5. The fourth-order valence-corrected chi connectivity index (χ4v) is 6.68. The number of benzene rings is 1. The average Bonchev–Trinajstić information content (AvgIpc) is 3.56. The van der Waals surface area contributed by atoms with E-state index < -0.39 is 34.8 Å². The zero-order valence-corrected chi connectivity index (χ0v) is 22.5. The molecule has 1 saturated carbocycles. The van der Waals surface area contributed by atoms with Crippen LogP contribution in [0.1, 0.15) is 43.8 Å². The van der Waals surface area contributed by atoms with E-state index in [1.165, 1.54) is 22.7 Å². The number of aliphatic carboxylic acids is 1. The summed E-state index contributed by atoms with van der Waals surface area (Å²) in [6, 6.07) is 6.19. The van der Waals surface area contributed by atoms with Crippen molar-refractivity contribution in [3.8, 4) is 21.0 Å². The van der Waals surface area contributed by atoms with Crippen LogP contribution in [-0.4, -0.2) is 36.1 Å². The maximum Gasteiger partial charge on any atom is 0.433 e. The fourth-order valence-electron chi connectivity index (χ4n) is 5.04. The Bertz CT molecular complexity index is 1510. The van der Waals surface area contributed by atoms with Crippen LogP contribution in [0.15, 0.2) is 48.2 Å². The Kier molecular flexibility index (Phi) is 6.93. The molecule has 0 aliphatic heterocycles. The highest BCUT2D eigenvalue weighted by Gasteiger charge is 2.49. The molecule has 204 valence electrons. The first-order valence-electron chi connectivity index (χ1n) is 12.0. The van der Waals surface area contributed by atoms with Gasteiger partial charge in [0, 0.05) is 35.2 Å². The van der Waals surface area contributed by atoms with Crippen LogP contribution in [0.4, 0.5) is 24.8 Å². The number of carboxylic acid groups (broad SMARTS) is 1. The molecule has 39 heavy (non-hydrogen) atoms. The molecule has 1 aliphatic carbocycles. The minimum absolute atomic E-state index is 0.205.